The molecule has 0 spiro atoms. The van der Waals surface area contributed by atoms with Gasteiger partial charge in [-0.2, -0.15) is 0 Å². The van der Waals surface area contributed by atoms with E-state index in [0.29, 0.717) is 18.8 Å². The molecular formula is C19H25N3O2. The summed E-state index contributed by atoms with van der Waals surface area (Å²) < 4.78 is 11.8. The number of furan rings is 1. The molecule has 2 aromatic rings. The molecule has 0 radical (unpaired) electrons. The van der Waals surface area contributed by atoms with Crippen molar-refractivity contribution in [3.05, 3.63) is 53.7 Å². The summed E-state index contributed by atoms with van der Waals surface area (Å²) in [7, 11) is 0. The minimum absolute atomic E-state index is 0.334. The number of fused-ring (bicyclic) bond motifs is 1. The maximum Gasteiger partial charge on any atom is 0.118 e. The maximum atomic E-state index is 6.12. The van der Waals surface area contributed by atoms with E-state index in [2.05, 4.69) is 26.9 Å². The molecule has 2 aliphatic rings. The molecule has 2 fully saturated rings. The highest BCUT2D eigenvalue weighted by molar-refractivity contribution is 5.07. The average molecular weight is 327 g/mol. The minimum atomic E-state index is 0.334. The van der Waals surface area contributed by atoms with Crippen LogP contribution < -0.4 is 0 Å². The lowest BCUT2D eigenvalue weighted by molar-refractivity contribution is 0.0455. The maximum absolute atomic E-state index is 6.12. The number of hydrogen-bond donors (Lipinski definition) is 0. The van der Waals surface area contributed by atoms with Crippen LogP contribution in [-0.4, -0.2) is 53.1 Å². The highest BCUT2D eigenvalue weighted by Gasteiger charge is 2.36. The molecule has 0 aliphatic carbocycles. The van der Waals surface area contributed by atoms with Crippen molar-refractivity contribution in [2.45, 2.75) is 38.6 Å². The van der Waals surface area contributed by atoms with Gasteiger partial charge in [0.15, 0.2) is 0 Å². The van der Waals surface area contributed by atoms with Gasteiger partial charge in [0.25, 0.3) is 0 Å². The van der Waals surface area contributed by atoms with Gasteiger partial charge < -0.3 is 9.15 Å². The fraction of sp³-hybridized carbons (Fsp3) is 0.526. The van der Waals surface area contributed by atoms with Crippen molar-refractivity contribution in [1.29, 1.82) is 0 Å². The van der Waals surface area contributed by atoms with E-state index in [1.807, 2.05) is 25.3 Å². The molecule has 0 amide bonds. The third kappa shape index (κ3) is 3.69. The fourth-order valence-electron chi connectivity index (χ4n) is 3.81. The van der Waals surface area contributed by atoms with Crippen LogP contribution in [0.3, 0.4) is 0 Å². The average Bonchev–Trinajstić information content (AvgIpc) is 3.19. The number of hydrogen-bond acceptors (Lipinski definition) is 5. The van der Waals surface area contributed by atoms with Crippen molar-refractivity contribution in [2.75, 3.05) is 26.2 Å². The minimum Gasteiger partial charge on any atom is -0.465 e. The van der Waals surface area contributed by atoms with Gasteiger partial charge in [-0.3, -0.25) is 14.8 Å². The molecule has 24 heavy (non-hydrogen) atoms. The Bertz CT molecular complexity index is 658. The molecule has 0 aromatic carbocycles. The molecule has 4 rings (SSSR count). The van der Waals surface area contributed by atoms with Crippen LogP contribution in [0, 0.1) is 6.92 Å². The monoisotopic (exact) mass is 327 g/mol. The van der Waals surface area contributed by atoms with Crippen LogP contribution in [0.4, 0.5) is 0 Å². The fourth-order valence-corrected chi connectivity index (χ4v) is 3.81. The van der Waals surface area contributed by atoms with Crippen molar-refractivity contribution in [3.63, 3.8) is 0 Å². The Kier molecular flexibility index (Phi) is 4.65. The van der Waals surface area contributed by atoms with E-state index in [-0.39, 0.29) is 0 Å². The van der Waals surface area contributed by atoms with E-state index >= 15 is 0 Å². The number of aryl methyl sites for hydroxylation is 1. The zero-order valence-electron chi connectivity index (χ0n) is 14.2. The summed E-state index contributed by atoms with van der Waals surface area (Å²) in [4.78, 5) is 9.23. The van der Waals surface area contributed by atoms with Crippen molar-refractivity contribution < 1.29 is 9.15 Å². The zero-order chi connectivity index (χ0) is 16.4. The summed E-state index contributed by atoms with van der Waals surface area (Å²) in [6.07, 6.45) is 5.14. The second-order valence-corrected chi connectivity index (χ2v) is 6.93. The summed E-state index contributed by atoms with van der Waals surface area (Å²) in [6.45, 7) is 7.96. The lowest BCUT2D eigenvalue weighted by atomic mass is 10.1. The Hall–Kier alpha value is -1.69. The number of pyridine rings is 1. The van der Waals surface area contributed by atoms with Gasteiger partial charge in [-0.1, -0.05) is 6.07 Å². The van der Waals surface area contributed by atoms with Crippen LogP contribution in [0.25, 0.3) is 0 Å². The van der Waals surface area contributed by atoms with Gasteiger partial charge in [0.1, 0.15) is 11.5 Å². The normalized spacial score (nSPS) is 25.0. The molecular weight excluding hydrogens is 302 g/mol. The SMILES string of the molecule is Cc1ccc(CN2CCN3CC(OCc4cccnc4)CC3C2)o1. The lowest BCUT2D eigenvalue weighted by Gasteiger charge is -2.36. The van der Waals surface area contributed by atoms with Crippen molar-refractivity contribution in [3.8, 4) is 0 Å². The van der Waals surface area contributed by atoms with Crippen LogP contribution in [0.1, 0.15) is 23.5 Å². The smallest absolute Gasteiger partial charge is 0.118 e. The van der Waals surface area contributed by atoms with E-state index in [9.17, 15) is 0 Å². The summed E-state index contributed by atoms with van der Waals surface area (Å²) >= 11 is 0. The first-order valence-electron chi connectivity index (χ1n) is 8.78. The predicted octanol–water partition coefficient (Wildman–Crippen LogP) is 2.46. The second-order valence-electron chi connectivity index (χ2n) is 6.93. The molecule has 0 bridgehead atoms. The number of rotatable bonds is 5. The lowest BCUT2D eigenvalue weighted by Crippen LogP contribution is -2.49. The topological polar surface area (TPSA) is 41.7 Å². The molecule has 5 nitrogen and oxygen atoms in total. The third-order valence-electron chi connectivity index (χ3n) is 5.05. The standard InChI is InChI=1S/C19H25N3O2/c1-15-4-5-18(24-15)12-21-7-8-22-13-19(9-17(22)11-21)23-14-16-3-2-6-20-10-16/h2-6,10,17,19H,7-9,11-14H2,1H3. The van der Waals surface area contributed by atoms with E-state index in [0.717, 1.165) is 56.2 Å². The van der Waals surface area contributed by atoms with Crippen molar-refractivity contribution in [1.82, 2.24) is 14.8 Å². The first-order chi connectivity index (χ1) is 11.8. The molecule has 2 unspecified atom stereocenters. The largest absolute Gasteiger partial charge is 0.465 e. The summed E-state index contributed by atoms with van der Waals surface area (Å²) in [5.41, 5.74) is 1.15. The molecule has 5 heteroatoms. The molecule has 2 atom stereocenters. The Morgan fingerprint density at radius 1 is 1.25 bits per heavy atom. The van der Waals surface area contributed by atoms with Crippen LogP contribution in [0.2, 0.25) is 0 Å². The van der Waals surface area contributed by atoms with Gasteiger partial charge in [-0.05, 0) is 37.1 Å². The van der Waals surface area contributed by atoms with Gasteiger partial charge in [-0.25, -0.2) is 0 Å². The van der Waals surface area contributed by atoms with E-state index in [1.54, 1.807) is 6.20 Å². The molecule has 0 saturated carbocycles. The number of aromatic nitrogens is 1. The Morgan fingerprint density at radius 3 is 3.00 bits per heavy atom. The molecule has 0 N–H and O–H groups in total. The van der Waals surface area contributed by atoms with Crippen molar-refractivity contribution in [2.24, 2.45) is 0 Å². The van der Waals surface area contributed by atoms with Crippen molar-refractivity contribution >= 4 is 0 Å². The van der Waals surface area contributed by atoms with Gasteiger partial charge in [0.2, 0.25) is 0 Å². The molecule has 2 aliphatic heterocycles. The predicted molar refractivity (Wildman–Crippen MR) is 91.5 cm³/mol. The Balaban J connectivity index is 1.27. The van der Waals surface area contributed by atoms with Gasteiger partial charge >= 0.3 is 0 Å². The number of piperazine rings is 1. The molecule has 128 valence electrons. The number of nitrogens with zero attached hydrogens (tertiary/aromatic N) is 3. The van der Waals surface area contributed by atoms with Crippen LogP contribution >= 0.6 is 0 Å². The quantitative estimate of drug-likeness (QED) is 0.844. The van der Waals surface area contributed by atoms with Gasteiger partial charge in [0, 0.05) is 44.6 Å². The van der Waals surface area contributed by atoms with Crippen LogP contribution in [0.15, 0.2) is 41.1 Å². The van der Waals surface area contributed by atoms with Crippen LogP contribution in [0.5, 0.6) is 0 Å². The van der Waals surface area contributed by atoms with Gasteiger partial charge in [0.05, 0.1) is 19.3 Å². The van der Waals surface area contributed by atoms with Crippen LogP contribution in [-0.2, 0) is 17.9 Å². The molecule has 4 heterocycles. The third-order valence-corrected chi connectivity index (χ3v) is 5.05. The summed E-state index contributed by atoms with van der Waals surface area (Å²) in [6, 6.07) is 8.78. The Morgan fingerprint density at radius 2 is 2.21 bits per heavy atom. The van der Waals surface area contributed by atoms with E-state index in [1.165, 1.54) is 0 Å². The summed E-state index contributed by atoms with van der Waals surface area (Å²) in [5.74, 6) is 2.07. The highest BCUT2D eigenvalue weighted by Crippen LogP contribution is 2.25. The number of ether oxygens (including phenoxy) is 1. The molecule has 2 saturated heterocycles. The van der Waals surface area contributed by atoms with E-state index in [4.69, 9.17) is 9.15 Å². The first kappa shape index (κ1) is 15.8. The Labute approximate surface area is 143 Å². The zero-order valence-corrected chi connectivity index (χ0v) is 14.2. The van der Waals surface area contributed by atoms with Gasteiger partial charge in [-0.15, -0.1) is 0 Å². The van der Waals surface area contributed by atoms with E-state index < -0.39 is 0 Å². The highest BCUT2D eigenvalue weighted by atomic mass is 16.5. The second kappa shape index (κ2) is 7.05. The molecule has 2 aromatic heterocycles. The first-order valence-corrected chi connectivity index (χ1v) is 8.78. The summed E-state index contributed by atoms with van der Waals surface area (Å²) in [5, 5.41) is 0.